The van der Waals surface area contributed by atoms with Crippen LogP contribution in [0.25, 0.3) is 0 Å². The van der Waals surface area contributed by atoms with E-state index in [0.717, 1.165) is 16.4 Å². The molecule has 0 bridgehead atoms. The van der Waals surface area contributed by atoms with E-state index in [2.05, 4.69) is 5.32 Å². The predicted molar refractivity (Wildman–Crippen MR) is 74.8 cm³/mol. The molecule has 0 heterocycles. The molecule has 1 rings (SSSR count). The summed E-state index contributed by atoms with van der Waals surface area (Å²) in [4.78, 5) is 0. The van der Waals surface area contributed by atoms with Gasteiger partial charge < -0.3 is 5.32 Å². The molecular weight excluding hydrogens is 288 g/mol. The summed E-state index contributed by atoms with van der Waals surface area (Å²) in [7, 11) is -0.760. The molecule has 0 aliphatic carbocycles. The molecule has 114 valence electrons. The van der Waals surface area contributed by atoms with Gasteiger partial charge in [0.2, 0.25) is 0 Å². The van der Waals surface area contributed by atoms with Crippen molar-refractivity contribution in [1.29, 1.82) is 0 Å². The molecule has 0 atom stereocenters. The second kappa shape index (κ2) is 6.96. The average Bonchev–Trinajstić information content (AvgIpc) is 2.35. The van der Waals surface area contributed by atoms with Gasteiger partial charge in [-0.15, -0.1) is 0 Å². The molecule has 0 amide bonds. The van der Waals surface area contributed by atoms with Crippen molar-refractivity contribution in [2.24, 2.45) is 0 Å². The van der Waals surface area contributed by atoms with Gasteiger partial charge in [-0.1, -0.05) is 0 Å². The molecule has 20 heavy (non-hydrogen) atoms. The van der Waals surface area contributed by atoms with E-state index in [-0.39, 0.29) is 12.1 Å². The minimum atomic E-state index is -3.90. The number of hydrogen-bond acceptors (Lipinski definition) is 3. The Hall–Kier alpha value is -1.25. The molecule has 0 saturated carbocycles. The summed E-state index contributed by atoms with van der Waals surface area (Å²) < 4.78 is 54.0. The van der Waals surface area contributed by atoms with Gasteiger partial charge in [0.05, 0.1) is 5.69 Å². The highest BCUT2D eigenvalue weighted by Crippen LogP contribution is 2.20. The Balaban J connectivity index is 2.83. The maximum atomic E-state index is 13.6. The van der Waals surface area contributed by atoms with E-state index in [9.17, 15) is 17.2 Å². The van der Waals surface area contributed by atoms with Crippen LogP contribution in [-0.2, 0) is 10.2 Å². The highest BCUT2D eigenvalue weighted by molar-refractivity contribution is 7.90. The Morgan fingerprint density at radius 3 is 2.50 bits per heavy atom. The smallest absolute Gasteiger partial charge is 0.301 e. The van der Waals surface area contributed by atoms with Crippen molar-refractivity contribution >= 4 is 15.9 Å². The van der Waals surface area contributed by atoms with Crippen LogP contribution in [0.1, 0.15) is 12.0 Å². The van der Waals surface area contributed by atoms with Crippen LogP contribution in [0.5, 0.6) is 0 Å². The number of hydrogen-bond donors (Lipinski definition) is 2. The van der Waals surface area contributed by atoms with Gasteiger partial charge in [-0.3, -0.25) is 4.72 Å². The van der Waals surface area contributed by atoms with Crippen molar-refractivity contribution in [3.8, 4) is 0 Å². The minimum absolute atomic E-state index is 0.118. The first-order valence-electron chi connectivity index (χ1n) is 6.12. The van der Waals surface area contributed by atoms with Crippen LogP contribution >= 0.6 is 0 Å². The van der Waals surface area contributed by atoms with Gasteiger partial charge in [0.25, 0.3) is 0 Å². The van der Waals surface area contributed by atoms with E-state index in [0.29, 0.717) is 13.0 Å². The lowest BCUT2D eigenvalue weighted by Gasteiger charge is -2.18. The Kier molecular flexibility index (Phi) is 5.85. The second-order valence-corrected chi connectivity index (χ2v) is 6.24. The molecule has 0 fully saturated rings. The number of anilines is 1. The van der Waals surface area contributed by atoms with E-state index < -0.39 is 27.5 Å². The molecule has 1 aromatic carbocycles. The van der Waals surface area contributed by atoms with Gasteiger partial charge in [-0.05, 0) is 38.6 Å². The molecule has 2 N–H and O–H groups in total. The first-order valence-corrected chi connectivity index (χ1v) is 7.56. The molecular formula is C12H19F2N3O2S. The van der Waals surface area contributed by atoms with E-state index in [4.69, 9.17) is 0 Å². The van der Waals surface area contributed by atoms with Crippen molar-refractivity contribution in [2.75, 3.05) is 31.9 Å². The number of rotatable bonds is 7. The highest BCUT2D eigenvalue weighted by Gasteiger charge is 2.19. The van der Waals surface area contributed by atoms with Crippen LogP contribution in [0.15, 0.2) is 12.1 Å². The minimum Gasteiger partial charge on any atom is -0.320 e. The van der Waals surface area contributed by atoms with Gasteiger partial charge in [0.1, 0.15) is 11.6 Å². The molecule has 1 aromatic rings. The van der Waals surface area contributed by atoms with Crippen molar-refractivity contribution in [1.82, 2.24) is 9.62 Å². The third-order valence-corrected chi connectivity index (χ3v) is 4.28. The van der Waals surface area contributed by atoms with E-state index in [1.54, 1.807) is 7.05 Å². The zero-order chi connectivity index (χ0) is 15.3. The molecule has 0 radical (unpaired) electrons. The van der Waals surface area contributed by atoms with Crippen molar-refractivity contribution in [3.63, 3.8) is 0 Å². The van der Waals surface area contributed by atoms with Crippen LogP contribution in [0.3, 0.4) is 0 Å². The summed E-state index contributed by atoms with van der Waals surface area (Å²) in [5.41, 5.74) is -0.276. The topological polar surface area (TPSA) is 61.4 Å². The maximum absolute atomic E-state index is 13.6. The summed E-state index contributed by atoms with van der Waals surface area (Å²) in [6.07, 6.45) is 0.610. The van der Waals surface area contributed by atoms with E-state index in [1.807, 2.05) is 4.72 Å². The molecule has 0 aromatic heterocycles. The first kappa shape index (κ1) is 16.8. The summed E-state index contributed by atoms with van der Waals surface area (Å²) >= 11 is 0. The predicted octanol–water partition coefficient (Wildman–Crippen LogP) is 1.47. The monoisotopic (exact) mass is 307 g/mol. The van der Waals surface area contributed by atoms with E-state index >= 15 is 0 Å². The Morgan fingerprint density at radius 1 is 1.25 bits per heavy atom. The van der Waals surface area contributed by atoms with Crippen LogP contribution in [0.2, 0.25) is 0 Å². The van der Waals surface area contributed by atoms with Crippen LogP contribution in [0.4, 0.5) is 14.5 Å². The number of nitrogens with one attached hydrogen (secondary N) is 2. The van der Waals surface area contributed by atoms with Crippen molar-refractivity contribution < 1.29 is 17.2 Å². The Labute approximate surface area is 118 Å². The molecule has 0 spiro atoms. The van der Waals surface area contributed by atoms with Gasteiger partial charge >= 0.3 is 10.2 Å². The number of nitrogens with zero attached hydrogens (tertiary/aromatic N) is 1. The molecule has 5 nitrogen and oxygen atoms in total. The zero-order valence-electron chi connectivity index (χ0n) is 11.7. The summed E-state index contributed by atoms with van der Waals surface area (Å²) in [6.45, 7) is 2.33. The number of benzene rings is 1. The van der Waals surface area contributed by atoms with Crippen LogP contribution in [-0.4, -0.2) is 39.9 Å². The summed E-state index contributed by atoms with van der Waals surface area (Å²) in [5, 5.41) is 2.90. The van der Waals surface area contributed by atoms with Gasteiger partial charge in [-0.25, -0.2) is 8.78 Å². The summed E-state index contributed by atoms with van der Waals surface area (Å²) in [5.74, 6) is -1.47. The highest BCUT2D eigenvalue weighted by atomic mass is 32.2. The van der Waals surface area contributed by atoms with Crippen molar-refractivity contribution in [3.05, 3.63) is 29.3 Å². The zero-order valence-corrected chi connectivity index (χ0v) is 12.5. The van der Waals surface area contributed by atoms with Gasteiger partial charge in [-0.2, -0.15) is 12.7 Å². The lowest BCUT2D eigenvalue weighted by atomic mass is 10.2. The van der Waals surface area contributed by atoms with Gasteiger partial charge in [0, 0.05) is 19.7 Å². The summed E-state index contributed by atoms with van der Waals surface area (Å²) in [6, 6.07) is 1.79. The molecule has 0 aliphatic rings. The van der Waals surface area contributed by atoms with Crippen LogP contribution < -0.4 is 10.0 Å². The lowest BCUT2D eigenvalue weighted by molar-refractivity contribution is 0.462. The second-order valence-electron chi connectivity index (χ2n) is 4.47. The number of aryl methyl sites for hydroxylation is 1. The molecule has 0 aliphatic heterocycles. The Bertz CT molecular complexity index is 564. The van der Waals surface area contributed by atoms with Gasteiger partial charge in [0.15, 0.2) is 0 Å². The SMILES string of the molecule is CNCCCN(C)S(=O)(=O)Nc1cc(F)c(C)cc1F. The lowest BCUT2D eigenvalue weighted by Crippen LogP contribution is -2.34. The third-order valence-electron chi connectivity index (χ3n) is 2.80. The normalized spacial score (nSPS) is 11.9. The van der Waals surface area contributed by atoms with Crippen molar-refractivity contribution in [2.45, 2.75) is 13.3 Å². The fourth-order valence-electron chi connectivity index (χ4n) is 1.54. The quantitative estimate of drug-likeness (QED) is 0.750. The maximum Gasteiger partial charge on any atom is 0.301 e. The van der Waals surface area contributed by atoms with Crippen LogP contribution in [0, 0.1) is 18.6 Å². The molecule has 8 heteroatoms. The largest absolute Gasteiger partial charge is 0.320 e. The average molecular weight is 307 g/mol. The fourth-order valence-corrected chi connectivity index (χ4v) is 2.50. The number of halogens is 2. The Morgan fingerprint density at radius 2 is 1.90 bits per heavy atom. The van der Waals surface area contributed by atoms with E-state index in [1.165, 1.54) is 14.0 Å². The fraction of sp³-hybridized carbons (Fsp3) is 0.500. The molecule has 0 saturated heterocycles. The molecule has 0 unspecified atom stereocenters. The first-order chi connectivity index (χ1) is 9.27. The third kappa shape index (κ3) is 4.39. The standard InChI is InChI=1S/C12H19F2N3O2S/c1-9-7-11(14)12(8-10(9)13)16-20(18,19)17(3)6-4-5-15-2/h7-8,15-16H,4-6H2,1-3H3.